The summed E-state index contributed by atoms with van der Waals surface area (Å²) in [7, 11) is 0. The molecule has 4 aromatic rings. The summed E-state index contributed by atoms with van der Waals surface area (Å²) in [6.45, 7) is 2.57. The lowest BCUT2D eigenvalue weighted by molar-refractivity contribution is -0.125. The van der Waals surface area contributed by atoms with E-state index in [1.54, 1.807) is 12.1 Å². The SMILES string of the molecule is O=C(NCc1cccc(Br)c1)C1CCN(c2nc3ccccc3n2Cc2cccc(F)c2)CC1. The van der Waals surface area contributed by atoms with Gasteiger partial charge in [0.2, 0.25) is 11.9 Å². The molecular formula is C27H26BrFN4O. The highest BCUT2D eigenvalue weighted by Gasteiger charge is 2.27. The first-order chi connectivity index (χ1) is 16.6. The van der Waals surface area contributed by atoms with E-state index >= 15 is 0 Å². The number of halogens is 2. The second-order valence-corrected chi connectivity index (χ2v) is 9.64. The molecule has 0 bridgehead atoms. The van der Waals surface area contributed by atoms with Gasteiger partial charge in [0.05, 0.1) is 17.6 Å². The predicted octanol–water partition coefficient (Wildman–Crippen LogP) is 5.52. The van der Waals surface area contributed by atoms with Gasteiger partial charge in [0.1, 0.15) is 5.82 Å². The average Bonchev–Trinajstić information content (AvgIpc) is 3.21. The van der Waals surface area contributed by atoms with Crippen LogP contribution in [-0.2, 0) is 17.9 Å². The third kappa shape index (κ3) is 4.99. The van der Waals surface area contributed by atoms with Crippen LogP contribution in [0.1, 0.15) is 24.0 Å². The van der Waals surface area contributed by atoms with Gasteiger partial charge in [-0.1, -0.05) is 52.3 Å². The predicted molar refractivity (Wildman–Crippen MR) is 136 cm³/mol. The van der Waals surface area contributed by atoms with Gasteiger partial charge < -0.3 is 14.8 Å². The van der Waals surface area contributed by atoms with E-state index in [4.69, 9.17) is 4.98 Å². The lowest BCUT2D eigenvalue weighted by Crippen LogP contribution is -2.41. The van der Waals surface area contributed by atoms with Crippen molar-refractivity contribution < 1.29 is 9.18 Å². The summed E-state index contributed by atoms with van der Waals surface area (Å²) in [6, 6.07) is 22.7. The molecule has 1 amide bonds. The van der Waals surface area contributed by atoms with Crippen molar-refractivity contribution in [3.05, 3.63) is 94.2 Å². The first kappa shape index (κ1) is 22.6. The molecule has 1 aromatic heterocycles. The maximum atomic E-state index is 13.8. The molecule has 3 aromatic carbocycles. The highest BCUT2D eigenvalue weighted by Crippen LogP contribution is 2.28. The number of nitrogens with zero attached hydrogens (tertiary/aromatic N) is 3. The van der Waals surface area contributed by atoms with Gasteiger partial charge in [-0.05, 0) is 60.4 Å². The summed E-state index contributed by atoms with van der Waals surface area (Å²) in [6.07, 6.45) is 1.54. The van der Waals surface area contributed by atoms with Crippen LogP contribution in [0.4, 0.5) is 10.3 Å². The Morgan fingerprint density at radius 3 is 2.56 bits per heavy atom. The third-order valence-electron chi connectivity index (χ3n) is 6.37. The molecule has 5 rings (SSSR count). The van der Waals surface area contributed by atoms with Crippen LogP contribution >= 0.6 is 15.9 Å². The number of hydrogen-bond acceptors (Lipinski definition) is 3. The summed E-state index contributed by atoms with van der Waals surface area (Å²) in [4.78, 5) is 19.9. The van der Waals surface area contributed by atoms with Crippen molar-refractivity contribution in [2.45, 2.75) is 25.9 Å². The number of aromatic nitrogens is 2. The lowest BCUT2D eigenvalue weighted by Gasteiger charge is -2.32. The van der Waals surface area contributed by atoms with Crippen molar-refractivity contribution in [2.75, 3.05) is 18.0 Å². The summed E-state index contributed by atoms with van der Waals surface area (Å²) >= 11 is 3.47. The highest BCUT2D eigenvalue weighted by molar-refractivity contribution is 9.10. The van der Waals surface area contributed by atoms with E-state index in [0.29, 0.717) is 13.1 Å². The van der Waals surface area contributed by atoms with Crippen LogP contribution in [-0.4, -0.2) is 28.5 Å². The molecule has 1 aliphatic rings. The van der Waals surface area contributed by atoms with Crippen LogP contribution in [0.2, 0.25) is 0 Å². The minimum atomic E-state index is -0.238. The quantitative estimate of drug-likeness (QED) is 0.364. The van der Waals surface area contributed by atoms with E-state index in [-0.39, 0.29) is 17.6 Å². The molecule has 0 aliphatic carbocycles. The zero-order chi connectivity index (χ0) is 23.5. The molecule has 34 heavy (non-hydrogen) atoms. The molecule has 1 saturated heterocycles. The Balaban J connectivity index is 1.28. The number of anilines is 1. The molecule has 0 radical (unpaired) electrons. The second-order valence-electron chi connectivity index (χ2n) is 8.73. The number of carbonyl (C=O) groups is 1. The third-order valence-corrected chi connectivity index (χ3v) is 6.86. The van der Waals surface area contributed by atoms with E-state index in [0.717, 1.165) is 58.5 Å². The maximum absolute atomic E-state index is 13.8. The van der Waals surface area contributed by atoms with E-state index in [1.807, 2.05) is 54.6 Å². The number of benzene rings is 3. The van der Waals surface area contributed by atoms with E-state index in [1.165, 1.54) is 6.07 Å². The fraction of sp³-hybridized carbons (Fsp3) is 0.259. The Bertz CT molecular complexity index is 1310. The van der Waals surface area contributed by atoms with Gasteiger partial charge in [0.15, 0.2) is 0 Å². The largest absolute Gasteiger partial charge is 0.352 e. The van der Waals surface area contributed by atoms with Gasteiger partial charge in [-0.25, -0.2) is 9.37 Å². The molecule has 1 fully saturated rings. The fourth-order valence-corrected chi connectivity index (χ4v) is 5.05. The first-order valence-electron chi connectivity index (χ1n) is 11.5. The van der Waals surface area contributed by atoms with Crippen LogP contribution < -0.4 is 10.2 Å². The van der Waals surface area contributed by atoms with Gasteiger partial charge in [-0.15, -0.1) is 0 Å². The standard InChI is InChI=1S/C27H26BrFN4O/c28-22-7-3-5-19(15-22)17-30-26(34)21-11-13-32(14-12-21)27-31-24-9-1-2-10-25(24)33(27)18-20-6-4-8-23(29)16-20/h1-10,15-16,21H,11-14,17-18H2,(H,30,34). The maximum Gasteiger partial charge on any atom is 0.223 e. The zero-order valence-corrected chi connectivity index (χ0v) is 20.3. The molecule has 174 valence electrons. The van der Waals surface area contributed by atoms with Gasteiger partial charge in [0, 0.05) is 30.0 Å². The number of fused-ring (bicyclic) bond motifs is 1. The topological polar surface area (TPSA) is 50.2 Å². The van der Waals surface area contributed by atoms with E-state index in [9.17, 15) is 9.18 Å². The molecule has 5 nitrogen and oxygen atoms in total. The number of hydrogen-bond donors (Lipinski definition) is 1. The molecule has 1 N–H and O–H groups in total. The van der Waals surface area contributed by atoms with Crippen LogP contribution in [0.15, 0.2) is 77.3 Å². The van der Waals surface area contributed by atoms with Gasteiger partial charge in [0.25, 0.3) is 0 Å². The monoisotopic (exact) mass is 520 g/mol. The number of nitrogens with one attached hydrogen (secondary N) is 1. The van der Waals surface area contributed by atoms with Gasteiger partial charge in [-0.2, -0.15) is 0 Å². The summed E-state index contributed by atoms with van der Waals surface area (Å²) < 4.78 is 17.0. The molecule has 1 aliphatic heterocycles. The number of para-hydroxylation sites is 2. The van der Waals surface area contributed by atoms with Crippen LogP contribution in [0, 0.1) is 11.7 Å². The van der Waals surface area contributed by atoms with Crippen molar-refractivity contribution >= 4 is 38.8 Å². The van der Waals surface area contributed by atoms with E-state index < -0.39 is 0 Å². The normalized spacial score (nSPS) is 14.5. The van der Waals surface area contributed by atoms with Crippen LogP contribution in [0.5, 0.6) is 0 Å². The molecule has 0 unspecified atom stereocenters. The molecule has 0 spiro atoms. The van der Waals surface area contributed by atoms with Crippen molar-refractivity contribution in [1.82, 2.24) is 14.9 Å². The van der Waals surface area contributed by atoms with E-state index in [2.05, 4.69) is 30.7 Å². The average molecular weight is 521 g/mol. The number of carbonyl (C=O) groups excluding carboxylic acids is 1. The number of imidazole rings is 1. The van der Waals surface area contributed by atoms with Gasteiger partial charge >= 0.3 is 0 Å². The summed E-state index contributed by atoms with van der Waals surface area (Å²) in [5, 5.41) is 3.09. The molecule has 2 heterocycles. The summed E-state index contributed by atoms with van der Waals surface area (Å²) in [5.74, 6) is 0.731. The van der Waals surface area contributed by atoms with Crippen molar-refractivity contribution in [3.8, 4) is 0 Å². The first-order valence-corrected chi connectivity index (χ1v) is 12.3. The minimum absolute atomic E-state index is 0.00977. The molecule has 0 atom stereocenters. The Labute approximate surface area is 206 Å². The Kier molecular flexibility index (Phi) is 6.63. The molecule has 7 heteroatoms. The van der Waals surface area contributed by atoms with Crippen LogP contribution in [0.3, 0.4) is 0 Å². The number of piperidine rings is 1. The van der Waals surface area contributed by atoms with Crippen LogP contribution in [0.25, 0.3) is 11.0 Å². The Hall–Kier alpha value is -3.19. The molecular weight excluding hydrogens is 495 g/mol. The number of rotatable bonds is 6. The lowest BCUT2D eigenvalue weighted by atomic mass is 9.96. The van der Waals surface area contributed by atoms with Crippen molar-refractivity contribution in [2.24, 2.45) is 5.92 Å². The fourth-order valence-electron chi connectivity index (χ4n) is 4.60. The second kappa shape index (κ2) is 9.97. The zero-order valence-electron chi connectivity index (χ0n) is 18.8. The van der Waals surface area contributed by atoms with Crippen molar-refractivity contribution in [1.29, 1.82) is 0 Å². The Morgan fingerprint density at radius 2 is 1.76 bits per heavy atom. The minimum Gasteiger partial charge on any atom is -0.352 e. The Morgan fingerprint density at radius 1 is 1.00 bits per heavy atom. The smallest absolute Gasteiger partial charge is 0.223 e. The number of amides is 1. The van der Waals surface area contributed by atoms with Gasteiger partial charge in [-0.3, -0.25) is 4.79 Å². The molecule has 0 saturated carbocycles. The summed E-state index contributed by atoms with van der Waals surface area (Å²) in [5.41, 5.74) is 3.91. The van der Waals surface area contributed by atoms with Crippen molar-refractivity contribution in [3.63, 3.8) is 0 Å². The highest BCUT2D eigenvalue weighted by atomic mass is 79.9.